The maximum Gasteiger partial charge on any atom is 0.275 e. The monoisotopic (exact) mass is 366 g/mol. The lowest BCUT2D eigenvalue weighted by Crippen LogP contribution is -2.27. The Kier molecular flexibility index (Phi) is 5.23. The van der Waals surface area contributed by atoms with Crippen LogP contribution in [-0.2, 0) is 6.54 Å². The van der Waals surface area contributed by atoms with E-state index in [4.69, 9.17) is 5.21 Å². The second-order valence-corrected chi connectivity index (χ2v) is 5.81. The number of hydrogen-bond acceptors (Lipinski definition) is 4. The molecule has 0 unspecified atom stereocenters. The molecule has 0 heterocycles. The summed E-state index contributed by atoms with van der Waals surface area (Å²) < 4.78 is 13.3. The highest BCUT2D eigenvalue weighted by molar-refractivity contribution is 6.17. The van der Waals surface area contributed by atoms with Crippen LogP contribution < -0.4 is 10.8 Å². The van der Waals surface area contributed by atoms with Crippen LogP contribution in [0.5, 0.6) is 0 Å². The van der Waals surface area contributed by atoms with E-state index in [2.05, 4.69) is 5.32 Å². The SMILES string of the molecule is O=Cc1c(C(=O)NO)cc2ccccc2c1C(=O)NCc1cccc(F)c1. The minimum Gasteiger partial charge on any atom is -0.348 e. The highest BCUT2D eigenvalue weighted by atomic mass is 19.1. The van der Waals surface area contributed by atoms with Gasteiger partial charge in [-0.2, -0.15) is 0 Å². The molecule has 3 rings (SSSR count). The third-order valence-corrected chi connectivity index (χ3v) is 4.12. The van der Waals surface area contributed by atoms with Crippen molar-refractivity contribution in [1.82, 2.24) is 10.8 Å². The number of amides is 2. The van der Waals surface area contributed by atoms with Crippen molar-refractivity contribution in [3.8, 4) is 0 Å². The number of aldehydes is 1. The topological polar surface area (TPSA) is 95.5 Å². The molecule has 0 atom stereocenters. The highest BCUT2D eigenvalue weighted by Crippen LogP contribution is 2.25. The van der Waals surface area contributed by atoms with Crippen molar-refractivity contribution in [3.63, 3.8) is 0 Å². The van der Waals surface area contributed by atoms with Gasteiger partial charge in [-0.15, -0.1) is 0 Å². The smallest absolute Gasteiger partial charge is 0.275 e. The molecule has 2 amide bonds. The van der Waals surface area contributed by atoms with Gasteiger partial charge in [-0.1, -0.05) is 36.4 Å². The van der Waals surface area contributed by atoms with E-state index in [-0.39, 0.29) is 23.2 Å². The molecular formula is C20H15FN2O4. The Hall–Kier alpha value is -3.58. The molecule has 7 heteroatoms. The summed E-state index contributed by atoms with van der Waals surface area (Å²) in [5.74, 6) is -1.92. The Morgan fingerprint density at radius 1 is 1.04 bits per heavy atom. The predicted octanol–water partition coefficient (Wildman–Crippen LogP) is 2.84. The molecule has 0 saturated carbocycles. The Balaban J connectivity index is 2.06. The Morgan fingerprint density at radius 3 is 2.52 bits per heavy atom. The van der Waals surface area contributed by atoms with Crippen LogP contribution in [0.15, 0.2) is 54.6 Å². The molecule has 0 fully saturated rings. The lowest BCUT2D eigenvalue weighted by atomic mass is 9.93. The summed E-state index contributed by atoms with van der Waals surface area (Å²) in [5.41, 5.74) is 1.77. The molecule has 0 radical (unpaired) electrons. The van der Waals surface area contributed by atoms with Gasteiger partial charge in [0.2, 0.25) is 0 Å². The van der Waals surface area contributed by atoms with Crippen LogP contribution in [-0.4, -0.2) is 23.3 Å². The fourth-order valence-corrected chi connectivity index (χ4v) is 2.90. The molecule has 3 N–H and O–H groups in total. The fraction of sp³-hybridized carbons (Fsp3) is 0.0500. The van der Waals surface area contributed by atoms with Crippen LogP contribution in [0.1, 0.15) is 36.6 Å². The van der Waals surface area contributed by atoms with E-state index in [1.54, 1.807) is 30.3 Å². The summed E-state index contributed by atoms with van der Waals surface area (Å²) in [4.78, 5) is 36.4. The highest BCUT2D eigenvalue weighted by Gasteiger charge is 2.22. The van der Waals surface area contributed by atoms with Crippen LogP contribution in [0.25, 0.3) is 10.8 Å². The van der Waals surface area contributed by atoms with Crippen molar-refractivity contribution in [2.45, 2.75) is 6.54 Å². The largest absolute Gasteiger partial charge is 0.348 e. The first-order chi connectivity index (χ1) is 13.0. The maximum atomic E-state index is 13.3. The Labute approximate surface area is 153 Å². The van der Waals surface area contributed by atoms with Gasteiger partial charge < -0.3 is 5.32 Å². The van der Waals surface area contributed by atoms with Gasteiger partial charge >= 0.3 is 0 Å². The van der Waals surface area contributed by atoms with E-state index in [0.717, 1.165) is 0 Å². The zero-order valence-electron chi connectivity index (χ0n) is 14.0. The lowest BCUT2D eigenvalue weighted by molar-refractivity contribution is 0.0704. The van der Waals surface area contributed by atoms with Gasteiger partial charge in [0.15, 0.2) is 6.29 Å². The maximum absolute atomic E-state index is 13.3. The second-order valence-electron chi connectivity index (χ2n) is 5.81. The summed E-state index contributed by atoms with van der Waals surface area (Å²) >= 11 is 0. The summed E-state index contributed by atoms with van der Waals surface area (Å²) in [6.45, 7) is 0.0413. The first kappa shape index (κ1) is 18.2. The normalized spacial score (nSPS) is 10.4. The first-order valence-corrected chi connectivity index (χ1v) is 8.03. The van der Waals surface area contributed by atoms with E-state index in [0.29, 0.717) is 22.6 Å². The minimum atomic E-state index is -0.901. The fourth-order valence-electron chi connectivity index (χ4n) is 2.90. The van der Waals surface area contributed by atoms with Crippen LogP contribution in [0.2, 0.25) is 0 Å². The molecule has 27 heavy (non-hydrogen) atoms. The molecule has 0 aliphatic heterocycles. The molecule has 0 aliphatic carbocycles. The van der Waals surface area contributed by atoms with Crippen molar-refractivity contribution in [3.05, 3.63) is 82.7 Å². The van der Waals surface area contributed by atoms with E-state index in [1.807, 2.05) is 0 Å². The summed E-state index contributed by atoms with van der Waals surface area (Å²) in [5, 5.41) is 12.6. The van der Waals surface area contributed by atoms with Crippen molar-refractivity contribution < 1.29 is 24.0 Å². The van der Waals surface area contributed by atoms with Gasteiger partial charge in [0.05, 0.1) is 11.1 Å². The zero-order chi connectivity index (χ0) is 19.4. The standard InChI is InChI=1S/C20H15FN2O4/c21-14-6-3-4-12(8-14)10-22-20(26)18-15-7-2-1-5-13(15)9-16(17(18)11-24)19(25)23-27/h1-9,11,27H,10H2,(H,22,26)(H,23,25). The van der Waals surface area contributed by atoms with E-state index >= 15 is 0 Å². The summed E-state index contributed by atoms with van der Waals surface area (Å²) in [7, 11) is 0. The lowest BCUT2D eigenvalue weighted by Gasteiger charge is -2.14. The van der Waals surface area contributed by atoms with Crippen molar-refractivity contribution in [2.75, 3.05) is 0 Å². The number of nitrogens with one attached hydrogen (secondary N) is 2. The van der Waals surface area contributed by atoms with Gasteiger partial charge in [0.1, 0.15) is 5.82 Å². The van der Waals surface area contributed by atoms with Gasteiger partial charge in [0.25, 0.3) is 11.8 Å². The number of hydroxylamine groups is 1. The number of rotatable bonds is 5. The zero-order valence-corrected chi connectivity index (χ0v) is 14.0. The molecule has 0 aliphatic rings. The minimum absolute atomic E-state index is 0.0121. The quantitative estimate of drug-likeness (QED) is 0.368. The number of benzene rings is 3. The van der Waals surface area contributed by atoms with E-state index < -0.39 is 17.6 Å². The van der Waals surface area contributed by atoms with Crippen molar-refractivity contribution >= 4 is 28.9 Å². The molecule has 0 spiro atoms. The number of halogens is 1. The third kappa shape index (κ3) is 3.68. The Morgan fingerprint density at radius 2 is 1.81 bits per heavy atom. The van der Waals surface area contributed by atoms with Crippen LogP contribution in [0.4, 0.5) is 4.39 Å². The number of carbonyl (C=O) groups excluding carboxylic acids is 3. The van der Waals surface area contributed by atoms with E-state index in [9.17, 15) is 18.8 Å². The van der Waals surface area contributed by atoms with Crippen molar-refractivity contribution in [2.24, 2.45) is 0 Å². The Bertz CT molecular complexity index is 1050. The van der Waals surface area contributed by atoms with Gasteiger partial charge in [0, 0.05) is 12.1 Å². The van der Waals surface area contributed by atoms with Gasteiger partial charge in [-0.05, 0) is 34.5 Å². The predicted molar refractivity (Wildman–Crippen MR) is 96.2 cm³/mol. The molecule has 3 aromatic rings. The molecular weight excluding hydrogens is 351 g/mol. The first-order valence-electron chi connectivity index (χ1n) is 8.03. The average molecular weight is 366 g/mol. The molecule has 6 nitrogen and oxygen atoms in total. The molecule has 0 aromatic heterocycles. The number of hydrogen-bond donors (Lipinski definition) is 3. The van der Waals surface area contributed by atoms with Gasteiger partial charge in [-0.25, -0.2) is 9.87 Å². The van der Waals surface area contributed by atoms with Crippen LogP contribution in [0.3, 0.4) is 0 Å². The van der Waals surface area contributed by atoms with E-state index in [1.165, 1.54) is 29.7 Å². The molecule has 136 valence electrons. The van der Waals surface area contributed by atoms with Gasteiger partial charge in [-0.3, -0.25) is 19.6 Å². The summed E-state index contributed by atoms with van der Waals surface area (Å²) in [6, 6.07) is 13.9. The molecule has 0 saturated heterocycles. The molecule has 3 aromatic carbocycles. The molecule has 0 bridgehead atoms. The average Bonchev–Trinajstić information content (AvgIpc) is 2.69. The number of carbonyl (C=O) groups is 3. The third-order valence-electron chi connectivity index (χ3n) is 4.12. The van der Waals surface area contributed by atoms with Crippen LogP contribution in [0, 0.1) is 5.82 Å². The van der Waals surface area contributed by atoms with Crippen LogP contribution >= 0.6 is 0 Å². The number of fused-ring (bicyclic) bond motifs is 1. The second kappa shape index (κ2) is 7.76. The van der Waals surface area contributed by atoms with Crippen molar-refractivity contribution in [1.29, 1.82) is 0 Å². The summed E-state index contributed by atoms with van der Waals surface area (Å²) in [6.07, 6.45) is 0.397.